The van der Waals surface area contributed by atoms with Crippen LogP contribution in [0.2, 0.25) is 0 Å². The molecule has 0 spiro atoms. The molecule has 0 atom stereocenters. The monoisotopic (exact) mass is 343 g/mol. The summed E-state index contributed by atoms with van der Waals surface area (Å²) in [5, 5.41) is 9.56. The fraction of sp³-hybridized carbons (Fsp3) is 0.0714. The van der Waals surface area contributed by atoms with E-state index >= 15 is 0 Å². The van der Waals surface area contributed by atoms with Crippen molar-refractivity contribution in [2.45, 2.75) is 6.18 Å². The molecule has 2 nitrogen and oxygen atoms in total. The van der Waals surface area contributed by atoms with E-state index in [0.717, 1.165) is 22.2 Å². The number of aliphatic imine (C=N–C) groups is 1. The zero-order valence-electron chi connectivity index (χ0n) is 10.0. The van der Waals surface area contributed by atoms with Crippen molar-refractivity contribution < 1.29 is 18.3 Å². The number of nitrogens with zero attached hydrogens (tertiary/aromatic N) is 1. The Morgan fingerprint density at radius 1 is 1.05 bits per heavy atom. The molecule has 0 aliphatic carbocycles. The third kappa shape index (κ3) is 3.60. The maximum absolute atomic E-state index is 12.4. The van der Waals surface area contributed by atoms with Crippen molar-refractivity contribution in [1.29, 1.82) is 0 Å². The number of aromatic hydroxyl groups is 1. The standard InChI is InChI=1S/C14H9BrF3NO/c15-11-4-1-9(2-5-11)8-19-12-6-3-10(7-13(12)20)14(16,17)18/h1-8,20H/b19-8+. The van der Waals surface area contributed by atoms with Gasteiger partial charge in [-0.25, -0.2) is 0 Å². The highest BCUT2D eigenvalue weighted by molar-refractivity contribution is 9.10. The summed E-state index contributed by atoms with van der Waals surface area (Å²) >= 11 is 3.29. The van der Waals surface area contributed by atoms with Crippen molar-refractivity contribution in [1.82, 2.24) is 0 Å². The summed E-state index contributed by atoms with van der Waals surface area (Å²) in [5.74, 6) is -0.506. The van der Waals surface area contributed by atoms with E-state index in [1.165, 1.54) is 6.21 Å². The molecule has 20 heavy (non-hydrogen) atoms. The van der Waals surface area contributed by atoms with Gasteiger partial charge in [0.05, 0.1) is 5.56 Å². The smallest absolute Gasteiger partial charge is 0.416 e. The first kappa shape index (κ1) is 14.6. The lowest BCUT2D eigenvalue weighted by molar-refractivity contribution is -0.137. The van der Waals surface area contributed by atoms with E-state index in [4.69, 9.17) is 0 Å². The molecule has 0 amide bonds. The molecule has 2 rings (SSSR count). The van der Waals surface area contributed by atoms with Crippen LogP contribution in [0.5, 0.6) is 5.75 Å². The molecule has 0 saturated carbocycles. The van der Waals surface area contributed by atoms with Gasteiger partial charge in [-0.1, -0.05) is 28.1 Å². The van der Waals surface area contributed by atoms with Gasteiger partial charge >= 0.3 is 6.18 Å². The first-order chi connectivity index (χ1) is 9.36. The number of phenols is 1. The summed E-state index contributed by atoms with van der Waals surface area (Å²) in [6, 6.07) is 9.88. The molecule has 1 N–H and O–H groups in total. The van der Waals surface area contributed by atoms with Gasteiger partial charge in [-0.2, -0.15) is 13.2 Å². The Bertz CT molecular complexity index is 636. The van der Waals surface area contributed by atoms with Crippen LogP contribution >= 0.6 is 15.9 Å². The minimum Gasteiger partial charge on any atom is -0.506 e. The summed E-state index contributed by atoms with van der Waals surface area (Å²) in [6.45, 7) is 0. The number of phenolic OH excluding ortho intramolecular Hbond substituents is 1. The molecule has 2 aromatic carbocycles. The van der Waals surface area contributed by atoms with Crippen LogP contribution in [0.25, 0.3) is 0 Å². The third-order valence-electron chi connectivity index (χ3n) is 2.53. The van der Waals surface area contributed by atoms with Crippen LogP contribution < -0.4 is 0 Å². The van der Waals surface area contributed by atoms with E-state index in [1.807, 2.05) is 12.1 Å². The van der Waals surface area contributed by atoms with E-state index in [0.29, 0.717) is 6.07 Å². The zero-order chi connectivity index (χ0) is 14.8. The molecule has 0 aromatic heterocycles. The van der Waals surface area contributed by atoms with Crippen molar-refractivity contribution in [2.24, 2.45) is 4.99 Å². The minimum atomic E-state index is -4.48. The lowest BCUT2D eigenvalue weighted by Crippen LogP contribution is -2.03. The number of rotatable bonds is 2. The summed E-state index contributed by atoms with van der Waals surface area (Å²) in [7, 11) is 0. The Morgan fingerprint density at radius 2 is 1.70 bits per heavy atom. The first-order valence-electron chi connectivity index (χ1n) is 5.56. The quantitative estimate of drug-likeness (QED) is 0.771. The largest absolute Gasteiger partial charge is 0.506 e. The molecule has 0 aliphatic heterocycles. The molecule has 0 bridgehead atoms. The lowest BCUT2D eigenvalue weighted by atomic mass is 10.2. The third-order valence-corrected chi connectivity index (χ3v) is 3.05. The molecule has 0 aliphatic rings. The highest BCUT2D eigenvalue weighted by atomic mass is 79.9. The Morgan fingerprint density at radius 3 is 2.25 bits per heavy atom. The highest BCUT2D eigenvalue weighted by Crippen LogP contribution is 2.35. The molecule has 0 heterocycles. The van der Waals surface area contributed by atoms with Crippen LogP contribution in [0.1, 0.15) is 11.1 Å². The normalized spacial score (nSPS) is 12.0. The van der Waals surface area contributed by atoms with Crippen LogP contribution in [0.4, 0.5) is 18.9 Å². The topological polar surface area (TPSA) is 32.6 Å². The van der Waals surface area contributed by atoms with Gasteiger partial charge in [0.25, 0.3) is 0 Å². The average molecular weight is 344 g/mol. The minimum absolute atomic E-state index is 0.0842. The summed E-state index contributed by atoms with van der Waals surface area (Å²) in [5.41, 5.74) is -0.0500. The van der Waals surface area contributed by atoms with Crippen LogP contribution in [0.3, 0.4) is 0 Å². The molecular formula is C14H9BrF3NO. The Balaban J connectivity index is 2.24. The molecule has 0 unspecified atom stereocenters. The predicted molar refractivity (Wildman–Crippen MR) is 74.5 cm³/mol. The van der Waals surface area contributed by atoms with Gasteiger partial charge in [0, 0.05) is 10.7 Å². The number of benzene rings is 2. The van der Waals surface area contributed by atoms with E-state index in [9.17, 15) is 18.3 Å². The predicted octanol–water partition coefficient (Wildman–Crippen LogP) is 4.92. The van der Waals surface area contributed by atoms with Gasteiger partial charge < -0.3 is 5.11 Å². The molecule has 0 fully saturated rings. The number of hydrogen-bond donors (Lipinski definition) is 1. The van der Waals surface area contributed by atoms with Gasteiger partial charge in [-0.3, -0.25) is 4.99 Å². The summed E-state index contributed by atoms with van der Waals surface area (Å²) in [6.07, 6.45) is -3.01. The van der Waals surface area contributed by atoms with Crippen molar-refractivity contribution in [3.8, 4) is 5.75 Å². The summed E-state index contributed by atoms with van der Waals surface area (Å²) in [4.78, 5) is 3.97. The van der Waals surface area contributed by atoms with Crippen LogP contribution in [-0.4, -0.2) is 11.3 Å². The van der Waals surface area contributed by atoms with Gasteiger partial charge in [-0.15, -0.1) is 0 Å². The van der Waals surface area contributed by atoms with Gasteiger partial charge in [0.2, 0.25) is 0 Å². The molecule has 104 valence electrons. The first-order valence-corrected chi connectivity index (χ1v) is 6.35. The van der Waals surface area contributed by atoms with Crippen LogP contribution in [0, 0.1) is 0 Å². The fourth-order valence-electron chi connectivity index (χ4n) is 1.50. The molecule has 0 radical (unpaired) electrons. The SMILES string of the molecule is Oc1cc(C(F)(F)F)ccc1/N=C/c1ccc(Br)cc1. The van der Waals surface area contributed by atoms with E-state index < -0.39 is 17.5 Å². The van der Waals surface area contributed by atoms with Crippen molar-refractivity contribution >= 4 is 27.8 Å². The second kappa shape index (κ2) is 5.66. The van der Waals surface area contributed by atoms with E-state index in [2.05, 4.69) is 20.9 Å². The maximum Gasteiger partial charge on any atom is 0.416 e. The average Bonchev–Trinajstić information content (AvgIpc) is 2.38. The van der Waals surface area contributed by atoms with Gasteiger partial charge in [0.1, 0.15) is 11.4 Å². The van der Waals surface area contributed by atoms with Gasteiger partial charge in [0.15, 0.2) is 0 Å². The van der Waals surface area contributed by atoms with Crippen molar-refractivity contribution in [3.05, 3.63) is 58.1 Å². The lowest BCUT2D eigenvalue weighted by Gasteiger charge is -2.07. The molecule has 6 heteroatoms. The van der Waals surface area contributed by atoms with E-state index in [1.54, 1.807) is 12.1 Å². The fourth-order valence-corrected chi connectivity index (χ4v) is 1.77. The zero-order valence-corrected chi connectivity index (χ0v) is 11.6. The van der Waals surface area contributed by atoms with Gasteiger partial charge in [-0.05, 0) is 35.9 Å². The molecule has 2 aromatic rings. The van der Waals surface area contributed by atoms with E-state index in [-0.39, 0.29) is 5.69 Å². The Kier molecular flexibility index (Phi) is 4.13. The van der Waals surface area contributed by atoms with Crippen molar-refractivity contribution in [2.75, 3.05) is 0 Å². The second-order valence-corrected chi connectivity index (χ2v) is 4.93. The second-order valence-electron chi connectivity index (χ2n) is 4.01. The Hall–Kier alpha value is -1.82. The van der Waals surface area contributed by atoms with Crippen LogP contribution in [0.15, 0.2) is 51.9 Å². The molecular weight excluding hydrogens is 335 g/mol. The number of halogens is 4. The van der Waals surface area contributed by atoms with Crippen LogP contribution in [-0.2, 0) is 6.18 Å². The van der Waals surface area contributed by atoms with Crippen molar-refractivity contribution in [3.63, 3.8) is 0 Å². The number of hydrogen-bond acceptors (Lipinski definition) is 2. The molecule has 0 saturated heterocycles. The number of alkyl halides is 3. The Labute approximate surface area is 121 Å². The highest BCUT2D eigenvalue weighted by Gasteiger charge is 2.31. The summed E-state index contributed by atoms with van der Waals surface area (Å²) < 4.78 is 38.2. The maximum atomic E-state index is 12.4.